The van der Waals surface area contributed by atoms with Crippen LogP contribution in [0, 0.1) is 0 Å². The normalized spacial score (nSPS) is 32.2. The zero-order valence-electron chi connectivity index (χ0n) is 16.5. The fraction of sp³-hybridized carbons (Fsp3) is 1.00. The van der Waals surface area contributed by atoms with Crippen LogP contribution in [-0.2, 0) is 9.47 Å². The van der Waals surface area contributed by atoms with Gasteiger partial charge < -0.3 is 75.9 Å². The summed E-state index contributed by atoms with van der Waals surface area (Å²) in [5.41, 5.74) is 0. The van der Waals surface area contributed by atoms with E-state index in [1.165, 1.54) is 0 Å². The Morgan fingerprint density at radius 3 is 1.45 bits per heavy atom. The fourth-order valence-electron chi connectivity index (χ4n) is 2.41. The van der Waals surface area contributed by atoms with Crippen molar-refractivity contribution < 1.29 is 75.9 Å². The molecule has 13 N–H and O–H groups in total. The van der Waals surface area contributed by atoms with Crippen molar-refractivity contribution in [1.82, 2.24) is 0 Å². The van der Waals surface area contributed by atoms with Gasteiger partial charge in [-0.15, -0.1) is 0 Å². The van der Waals surface area contributed by atoms with Crippen LogP contribution in [0.5, 0.6) is 0 Å². The van der Waals surface area contributed by atoms with Crippen LogP contribution in [0.15, 0.2) is 0 Å². The molecule has 0 spiro atoms. The highest BCUT2D eigenvalue weighted by Gasteiger charge is 2.46. The Labute approximate surface area is 177 Å². The number of hydrogen-bond acceptors (Lipinski definition) is 15. The first-order valence-corrected chi connectivity index (χ1v) is 9.30. The molecule has 15 heteroatoms. The summed E-state index contributed by atoms with van der Waals surface area (Å²) in [6.07, 6.45) is -17.5. The predicted octanol–water partition coefficient (Wildman–Crippen LogP) is -8.07. The maximum atomic E-state index is 9.83. The van der Waals surface area contributed by atoms with Gasteiger partial charge in [0.2, 0.25) is 0 Å². The molecule has 1 fully saturated rings. The lowest BCUT2D eigenvalue weighted by Gasteiger charge is -2.42. The van der Waals surface area contributed by atoms with E-state index in [0.29, 0.717) is 0 Å². The third-order valence-corrected chi connectivity index (χ3v) is 4.44. The van der Waals surface area contributed by atoms with Gasteiger partial charge in [-0.05, 0) is 0 Å². The summed E-state index contributed by atoms with van der Waals surface area (Å²) >= 11 is 0. The highest BCUT2D eigenvalue weighted by Crippen LogP contribution is 2.24. The van der Waals surface area contributed by atoms with Gasteiger partial charge >= 0.3 is 0 Å². The van der Waals surface area contributed by atoms with Crippen molar-refractivity contribution in [3.05, 3.63) is 0 Å². The van der Waals surface area contributed by atoms with E-state index < -0.39 is 100 Å². The van der Waals surface area contributed by atoms with Crippen molar-refractivity contribution >= 4 is 0 Å². The Kier molecular flexibility index (Phi) is 15.0. The fourth-order valence-corrected chi connectivity index (χ4v) is 2.41. The molecule has 15 nitrogen and oxygen atoms in total. The molecule has 0 radical (unpaired) electrons. The average Bonchev–Trinajstić information content (AvgIpc) is 2.79. The van der Waals surface area contributed by atoms with Gasteiger partial charge in [0.1, 0.15) is 61.0 Å². The second-order valence-electron chi connectivity index (χ2n) is 6.79. The van der Waals surface area contributed by atoms with E-state index in [4.69, 9.17) is 45.2 Å². The van der Waals surface area contributed by atoms with E-state index in [-0.39, 0.29) is 0 Å². The second-order valence-corrected chi connectivity index (χ2v) is 6.79. The van der Waals surface area contributed by atoms with Gasteiger partial charge in [0.25, 0.3) is 0 Å². The van der Waals surface area contributed by atoms with Gasteiger partial charge in [0.05, 0.1) is 33.0 Å². The Hall–Kier alpha value is -0.600. The molecule has 0 saturated carbocycles. The summed E-state index contributed by atoms with van der Waals surface area (Å²) in [5.74, 6) is 0. The third-order valence-electron chi connectivity index (χ3n) is 4.44. The minimum atomic E-state index is -1.85. The Morgan fingerprint density at radius 2 is 1.06 bits per heavy atom. The molecule has 0 amide bonds. The third kappa shape index (κ3) is 9.04. The lowest BCUT2D eigenvalue weighted by molar-refractivity contribution is -0.327. The molecule has 1 aliphatic rings. The smallest absolute Gasteiger partial charge is 0.187 e. The zero-order valence-corrected chi connectivity index (χ0v) is 16.5. The van der Waals surface area contributed by atoms with Crippen LogP contribution in [0.25, 0.3) is 0 Å². The van der Waals surface area contributed by atoms with Gasteiger partial charge in [0, 0.05) is 0 Å². The largest absolute Gasteiger partial charge is 0.394 e. The van der Waals surface area contributed by atoms with Crippen LogP contribution in [0.1, 0.15) is 0 Å². The molecule has 31 heavy (non-hydrogen) atoms. The monoisotopic (exact) mass is 466 g/mol. The van der Waals surface area contributed by atoms with E-state index in [1.54, 1.807) is 0 Å². The van der Waals surface area contributed by atoms with Gasteiger partial charge in [-0.1, -0.05) is 0 Å². The van der Waals surface area contributed by atoms with E-state index >= 15 is 0 Å². The zero-order chi connectivity index (χ0) is 24.3. The molecule has 1 heterocycles. The van der Waals surface area contributed by atoms with Gasteiger partial charge in [0.15, 0.2) is 6.29 Å². The van der Waals surface area contributed by atoms with Crippen LogP contribution >= 0.6 is 0 Å². The number of aliphatic hydroxyl groups is 13. The SMILES string of the molecule is OC[C@@H](O)[C@@H](O)CO.OC[C@@H](O)[C@@H](O[C@H]1O[C@H](CO)[C@@H](O)[C@H](O)[C@H]1O)[C@H](O)[C@@H](O)CO. The van der Waals surface area contributed by atoms with Crippen LogP contribution in [0.4, 0.5) is 0 Å². The van der Waals surface area contributed by atoms with Crippen molar-refractivity contribution in [3.8, 4) is 0 Å². The van der Waals surface area contributed by atoms with Gasteiger partial charge in [-0.3, -0.25) is 0 Å². The molecular formula is C16H34O15. The lowest BCUT2D eigenvalue weighted by atomic mass is 9.98. The first-order valence-electron chi connectivity index (χ1n) is 9.30. The molecule has 188 valence electrons. The molecule has 11 atom stereocenters. The Morgan fingerprint density at radius 1 is 0.613 bits per heavy atom. The minimum Gasteiger partial charge on any atom is -0.394 e. The van der Waals surface area contributed by atoms with Crippen LogP contribution < -0.4 is 0 Å². The van der Waals surface area contributed by atoms with Crippen molar-refractivity contribution in [2.75, 3.05) is 33.0 Å². The maximum Gasteiger partial charge on any atom is 0.187 e. The number of ether oxygens (including phenoxy) is 2. The van der Waals surface area contributed by atoms with Crippen LogP contribution in [0.3, 0.4) is 0 Å². The topological polar surface area (TPSA) is 281 Å². The van der Waals surface area contributed by atoms with Gasteiger partial charge in [-0.25, -0.2) is 0 Å². The molecule has 0 aliphatic carbocycles. The first kappa shape index (κ1) is 30.4. The van der Waals surface area contributed by atoms with Crippen molar-refractivity contribution in [2.24, 2.45) is 0 Å². The average molecular weight is 466 g/mol. The quantitative estimate of drug-likeness (QED) is 0.135. The summed E-state index contributed by atoms with van der Waals surface area (Å²) in [7, 11) is 0. The molecule has 0 bridgehead atoms. The molecule has 0 aromatic rings. The first-order chi connectivity index (χ1) is 14.5. The van der Waals surface area contributed by atoms with Crippen LogP contribution in [0.2, 0.25) is 0 Å². The summed E-state index contributed by atoms with van der Waals surface area (Å²) in [4.78, 5) is 0. The molecule has 0 unspecified atom stereocenters. The van der Waals surface area contributed by atoms with E-state index in [1.807, 2.05) is 0 Å². The molecule has 0 aromatic carbocycles. The van der Waals surface area contributed by atoms with Crippen LogP contribution in [-0.4, -0.2) is 167 Å². The molecule has 1 aliphatic heterocycles. The Balaban J connectivity index is 0.000000954. The highest BCUT2D eigenvalue weighted by molar-refractivity contribution is 4.91. The maximum absolute atomic E-state index is 9.83. The highest BCUT2D eigenvalue weighted by atomic mass is 16.7. The Bertz CT molecular complexity index is 447. The number of hydrogen-bond donors (Lipinski definition) is 13. The van der Waals surface area contributed by atoms with E-state index in [0.717, 1.165) is 0 Å². The van der Waals surface area contributed by atoms with Crippen molar-refractivity contribution in [3.63, 3.8) is 0 Å². The van der Waals surface area contributed by atoms with E-state index in [2.05, 4.69) is 0 Å². The van der Waals surface area contributed by atoms with E-state index in [9.17, 15) is 30.6 Å². The van der Waals surface area contributed by atoms with Gasteiger partial charge in [-0.2, -0.15) is 0 Å². The predicted molar refractivity (Wildman–Crippen MR) is 97.0 cm³/mol. The summed E-state index contributed by atoms with van der Waals surface area (Å²) < 4.78 is 10.1. The summed E-state index contributed by atoms with van der Waals surface area (Å²) in [6.45, 7) is -3.51. The number of aliphatic hydroxyl groups excluding tert-OH is 13. The summed E-state index contributed by atoms with van der Waals surface area (Å²) in [5, 5.41) is 118. The second kappa shape index (κ2) is 15.3. The molecule has 1 saturated heterocycles. The minimum absolute atomic E-state index is 0.526. The molecular weight excluding hydrogens is 432 g/mol. The lowest BCUT2D eigenvalue weighted by Crippen LogP contribution is -2.61. The standard InChI is InChI=1S/C12H24O11.C4H10O4/c13-1-4(16)7(18)11(5(17)2-14)23-12-10(21)9(20)8(19)6(3-15)22-12;5-1-3(7)4(8)2-6/h4-21H,1-3H2;3-8H,1-2H2/t4-,5+,6+,7+,8+,9-,10+,11+,12+;3-,4+/m0./s1. The molecule has 0 aromatic heterocycles. The summed E-state index contributed by atoms with van der Waals surface area (Å²) in [6, 6.07) is 0. The number of rotatable bonds is 11. The van der Waals surface area contributed by atoms with Crippen molar-refractivity contribution in [1.29, 1.82) is 0 Å². The van der Waals surface area contributed by atoms with Crippen molar-refractivity contribution in [2.45, 2.75) is 67.3 Å². The molecule has 1 rings (SSSR count).